The van der Waals surface area contributed by atoms with E-state index in [2.05, 4.69) is 11.8 Å². The van der Waals surface area contributed by atoms with Crippen molar-refractivity contribution in [3.8, 4) is 0 Å². The van der Waals surface area contributed by atoms with Crippen molar-refractivity contribution >= 4 is 5.91 Å². The maximum absolute atomic E-state index is 10.8. The first kappa shape index (κ1) is 9.52. The van der Waals surface area contributed by atoms with Crippen LogP contribution in [-0.4, -0.2) is 30.4 Å². The van der Waals surface area contributed by atoms with Gasteiger partial charge in [0.1, 0.15) is 0 Å². The average molecular weight is 169 g/mol. The van der Waals surface area contributed by atoms with Crippen LogP contribution in [0.15, 0.2) is 0 Å². The predicted molar refractivity (Wildman–Crippen MR) is 48.3 cm³/mol. The molecule has 1 rings (SSSR count). The Labute approximate surface area is 73.9 Å². The first-order valence-electron chi connectivity index (χ1n) is 4.55. The molecular formula is C9H17N2O. The zero-order valence-corrected chi connectivity index (χ0v) is 7.46. The highest BCUT2D eigenvalue weighted by Gasteiger charge is 2.21. The lowest BCUT2D eigenvalue weighted by atomic mass is 9.96. The Morgan fingerprint density at radius 2 is 2.08 bits per heavy atom. The quantitative estimate of drug-likeness (QED) is 0.665. The molecule has 1 amide bonds. The van der Waals surface area contributed by atoms with Gasteiger partial charge in [-0.15, -0.1) is 0 Å². The van der Waals surface area contributed by atoms with E-state index in [1.54, 1.807) is 0 Å². The molecule has 1 radical (unpaired) electrons. The van der Waals surface area contributed by atoms with Crippen LogP contribution in [0.2, 0.25) is 0 Å². The summed E-state index contributed by atoms with van der Waals surface area (Å²) in [5.74, 6) is -0.0182. The van der Waals surface area contributed by atoms with Crippen LogP contribution >= 0.6 is 0 Å². The summed E-state index contributed by atoms with van der Waals surface area (Å²) in [5, 5.41) is 0. The van der Waals surface area contributed by atoms with Gasteiger partial charge in [-0.3, -0.25) is 4.79 Å². The minimum atomic E-state index is -0.135. The largest absolute Gasteiger partial charge is 0.369 e. The number of likely N-dealkylation sites (tertiary alicyclic amines) is 1. The van der Waals surface area contributed by atoms with Crippen molar-refractivity contribution in [2.75, 3.05) is 19.6 Å². The van der Waals surface area contributed by atoms with E-state index in [1.807, 2.05) is 0 Å². The first-order chi connectivity index (χ1) is 5.74. The molecule has 0 aliphatic carbocycles. The third-order valence-corrected chi connectivity index (χ3v) is 2.46. The molecule has 1 aliphatic rings. The van der Waals surface area contributed by atoms with Crippen LogP contribution in [0.25, 0.3) is 0 Å². The van der Waals surface area contributed by atoms with Crippen molar-refractivity contribution in [3.05, 3.63) is 6.92 Å². The number of primary amides is 1. The Bertz CT molecular complexity index is 151. The second-order valence-corrected chi connectivity index (χ2v) is 3.37. The van der Waals surface area contributed by atoms with E-state index in [-0.39, 0.29) is 11.8 Å². The van der Waals surface area contributed by atoms with Gasteiger partial charge in [0.05, 0.1) is 0 Å². The summed E-state index contributed by atoms with van der Waals surface area (Å²) in [5.41, 5.74) is 5.22. The number of carbonyl (C=O) groups excluding carboxylic acids is 1. The van der Waals surface area contributed by atoms with Crippen molar-refractivity contribution in [1.82, 2.24) is 4.90 Å². The molecule has 0 unspecified atom stereocenters. The van der Waals surface area contributed by atoms with E-state index in [0.717, 1.165) is 38.9 Å². The molecule has 0 spiro atoms. The van der Waals surface area contributed by atoms with Crippen molar-refractivity contribution in [3.63, 3.8) is 0 Å². The van der Waals surface area contributed by atoms with Crippen LogP contribution in [0.4, 0.5) is 0 Å². The molecular weight excluding hydrogens is 152 g/mol. The smallest absolute Gasteiger partial charge is 0.220 e. The molecule has 0 aromatic heterocycles. The Morgan fingerprint density at radius 1 is 1.50 bits per heavy atom. The van der Waals surface area contributed by atoms with Gasteiger partial charge in [-0.2, -0.15) is 0 Å². The Kier molecular flexibility index (Phi) is 3.53. The van der Waals surface area contributed by atoms with Crippen molar-refractivity contribution in [2.45, 2.75) is 19.3 Å². The van der Waals surface area contributed by atoms with E-state index in [1.165, 1.54) is 0 Å². The lowest BCUT2D eigenvalue weighted by Gasteiger charge is -2.29. The number of piperidine rings is 1. The summed E-state index contributed by atoms with van der Waals surface area (Å²) in [6, 6.07) is 0. The number of hydrogen-bond acceptors (Lipinski definition) is 2. The van der Waals surface area contributed by atoms with E-state index in [9.17, 15) is 4.79 Å². The molecule has 1 saturated heterocycles. The van der Waals surface area contributed by atoms with E-state index < -0.39 is 0 Å². The van der Waals surface area contributed by atoms with Gasteiger partial charge in [-0.1, -0.05) is 6.92 Å². The van der Waals surface area contributed by atoms with E-state index in [4.69, 9.17) is 5.73 Å². The van der Waals surface area contributed by atoms with Crippen LogP contribution in [0, 0.1) is 12.8 Å². The monoisotopic (exact) mass is 169 g/mol. The lowest BCUT2D eigenvalue weighted by Crippen LogP contribution is -2.38. The highest BCUT2D eigenvalue weighted by molar-refractivity contribution is 5.76. The van der Waals surface area contributed by atoms with Crippen LogP contribution < -0.4 is 5.73 Å². The molecule has 0 saturated carbocycles. The molecule has 2 N–H and O–H groups in total. The summed E-state index contributed by atoms with van der Waals surface area (Å²) in [7, 11) is 0. The van der Waals surface area contributed by atoms with Crippen molar-refractivity contribution in [2.24, 2.45) is 11.7 Å². The molecule has 0 bridgehead atoms. The summed E-state index contributed by atoms with van der Waals surface area (Å²) >= 11 is 0. The van der Waals surface area contributed by atoms with Gasteiger partial charge in [0.2, 0.25) is 5.91 Å². The van der Waals surface area contributed by atoms with Gasteiger partial charge in [0.15, 0.2) is 0 Å². The maximum atomic E-state index is 10.8. The van der Waals surface area contributed by atoms with Crippen molar-refractivity contribution in [1.29, 1.82) is 0 Å². The van der Waals surface area contributed by atoms with E-state index >= 15 is 0 Å². The maximum Gasteiger partial charge on any atom is 0.220 e. The van der Waals surface area contributed by atoms with Crippen LogP contribution in [0.3, 0.4) is 0 Å². The summed E-state index contributed by atoms with van der Waals surface area (Å²) in [6.45, 7) is 6.85. The standard InChI is InChI=1S/C9H17N2O/c1-2-5-11-6-3-8(4-7-11)9(10)12/h8H,1-7H2,(H2,10,12). The van der Waals surface area contributed by atoms with Gasteiger partial charge in [0, 0.05) is 5.92 Å². The molecule has 1 heterocycles. The molecule has 0 aromatic rings. The summed E-state index contributed by atoms with van der Waals surface area (Å²) in [4.78, 5) is 13.1. The predicted octanol–water partition coefficient (Wildman–Crippen LogP) is 0.408. The number of nitrogens with zero attached hydrogens (tertiary/aromatic N) is 1. The second kappa shape index (κ2) is 4.45. The van der Waals surface area contributed by atoms with Gasteiger partial charge < -0.3 is 10.6 Å². The third kappa shape index (κ3) is 2.48. The van der Waals surface area contributed by atoms with Gasteiger partial charge >= 0.3 is 0 Å². The number of amides is 1. The normalized spacial score (nSPS) is 21.1. The van der Waals surface area contributed by atoms with E-state index in [0.29, 0.717) is 0 Å². The van der Waals surface area contributed by atoms with Gasteiger partial charge in [0.25, 0.3) is 0 Å². The minimum absolute atomic E-state index is 0.117. The number of carbonyl (C=O) groups is 1. The Hall–Kier alpha value is -0.570. The van der Waals surface area contributed by atoms with Gasteiger partial charge in [-0.05, 0) is 38.9 Å². The number of nitrogens with two attached hydrogens (primary N) is 1. The Balaban J connectivity index is 2.25. The molecule has 69 valence electrons. The highest BCUT2D eigenvalue weighted by atomic mass is 16.1. The Morgan fingerprint density at radius 3 is 2.50 bits per heavy atom. The van der Waals surface area contributed by atoms with Crippen LogP contribution in [0.1, 0.15) is 19.3 Å². The fourth-order valence-electron chi connectivity index (χ4n) is 1.66. The summed E-state index contributed by atoms with van der Waals surface area (Å²) in [6.07, 6.45) is 2.80. The number of rotatable bonds is 3. The zero-order chi connectivity index (χ0) is 8.97. The van der Waals surface area contributed by atoms with Crippen molar-refractivity contribution < 1.29 is 4.79 Å². The molecule has 0 aromatic carbocycles. The zero-order valence-electron chi connectivity index (χ0n) is 7.46. The highest BCUT2D eigenvalue weighted by Crippen LogP contribution is 2.16. The third-order valence-electron chi connectivity index (χ3n) is 2.46. The minimum Gasteiger partial charge on any atom is -0.369 e. The molecule has 12 heavy (non-hydrogen) atoms. The fraction of sp³-hybridized carbons (Fsp3) is 0.778. The van der Waals surface area contributed by atoms with Gasteiger partial charge in [-0.25, -0.2) is 0 Å². The second-order valence-electron chi connectivity index (χ2n) is 3.37. The number of hydrogen-bond donors (Lipinski definition) is 1. The topological polar surface area (TPSA) is 46.3 Å². The molecule has 3 nitrogen and oxygen atoms in total. The lowest BCUT2D eigenvalue weighted by molar-refractivity contribution is -0.123. The molecule has 3 heteroatoms. The first-order valence-corrected chi connectivity index (χ1v) is 4.55. The average Bonchev–Trinajstić information content (AvgIpc) is 2.06. The fourth-order valence-corrected chi connectivity index (χ4v) is 1.66. The van der Waals surface area contributed by atoms with Crippen LogP contribution in [0.5, 0.6) is 0 Å². The molecule has 1 fully saturated rings. The molecule has 1 aliphatic heterocycles. The summed E-state index contributed by atoms with van der Waals surface area (Å²) < 4.78 is 0. The molecule has 0 atom stereocenters. The van der Waals surface area contributed by atoms with Crippen LogP contribution in [-0.2, 0) is 4.79 Å². The SMILES string of the molecule is [CH2]CCN1CCC(C(N)=O)CC1.